The summed E-state index contributed by atoms with van der Waals surface area (Å²) in [5.74, 6) is -1.58. The average molecular weight is 421 g/mol. The number of halogens is 1. The molecule has 4 rings (SSSR count). The molecule has 1 fully saturated rings. The summed E-state index contributed by atoms with van der Waals surface area (Å²) in [6, 6.07) is 13.5. The van der Waals surface area contributed by atoms with Crippen molar-refractivity contribution in [2.45, 2.75) is 19.5 Å². The maximum atomic E-state index is 14.1. The van der Waals surface area contributed by atoms with Crippen LogP contribution >= 0.6 is 0 Å². The van der Waals surface area contributed by atoms with Crippen molar-refractivity contribution in [3.05, 3.63) is 94.7 Å². The molecule has 2 heterocycles. The van der Waals surface area contributed by atoms with Gasteiger partial charge in [0.05, 0.1) is 31.5 Å². The number of likely N-dealkylation sites (tertiary alicyclic amines) is 1. The number of hydrogen-bond donors (Lipinski definition) is 1. The van der Waals surface area contributed by atoms with Gasteiger partial charge in [0.2, 0.25) is 0 Å². The lowest BCUT2D eigenvalue weighted by Crippen LogP contribution is -2.29. The number of carbonyl (C=O) groups excluding carboxylic acids is 2. The number of amides is 1. The van der Waals surface area contributed by atoms with E-state index in [0.717, 1.165) is 6.07 Å². The van der Waals surface area contributed by atoms with Crippen LogP contribution in [0, 0.1) is 12.7 Å². The topological polar surface area (TPSA) is 80.0 Å². The normalized spacial score (nSPS) is 17.9. The molecule has 1 aromatic heterocycles. The van der Waals surface area contributed by atoms with Crippen molar-refractivity contribution in [1.82, 2.24) is 4.90 Å². The van der Waals surface area contributed by atoms with Crippen molar-refractivity contribution in [3.63, 3.8) is 0 Å². The largest absolute Gasteiger partial charge is 0.507 e. The quantitative estimate of drug-likeness (QED) is 0.376. The SMILES string of the molecule is COc1cccc([C@H]2C(=C(O)c3ccc(C)c(F)c3)C(=O)C(=O)N2Cc2ccco2)c1. The number of aliphatic hydroxyl groups is 1. The van der Waals surface area contributed by atoms with Crippen LogP contribution in [0.1, 0.15) is 28.5 Å². The Balaban J connectivity index is 1.89. The molecule has 158 valence electrons. The monoisotopic (exact) mass is 421 g/mol. The Kier molecular flexibility index (Phi) is 5.33. The zero-order chi connectivity index (χ0) is 22.1. The van der Waals surface area contributed by atoms with Crippen LogP contribution in [0.3, 0.4) is 0 Å². The zero-order valence-electron chi connectivity index (χ0n) is 17.0. The lowest BCUT2D eigenvalue weighted by Gasteiger charge is -2.24. The number of aryl methyl sites for hydroxylation is 1. The zero-order valence-corrected chi connectivity index (χ0v) is 17.0. The van der Waals surface area contributed by atoms with E-state index in [1.807, 2.05) is 0 Å². The number of furan rings is 1. The summed E-state index contributed by atoms with van der Waals surface area (Å²) < 4.78 is 24.8. The van der Waals surface area contributed by atoms with Gasteiger partial charge in [-0.3, -0.25) is 9.59 Å². The highest BCUT2D eigenvalue weighted by molar-refractivity contribution is 6.46. The van der Waals surface area contributed by atoms with E-state index in [2.05, 4.69) is 0 Å². The molecule has 0 unspecified atom stereocenters. The Morgan fingerprint density at radius 2 is 1.97 bits per heavy atom. The van der Waals surface area contributed by atoms with Gasteiger partial charge < -0.3 is 19.2 Å². The Morgan fingerprint density at radius 3 is 2.65 bits per heavy atom. The summed E-state index contributed by atoms with van der Waals surface area (Å²) in [5, 5.41) is 11.0. The van der Waals surface area contributed by atoms with Crippen molar-refractivity contribution >= 4 is 17.4 Å². The van der Waals surface area contributed by atoms with Crippen molar-refractivity contribution < 1.29 is 28.2 Å². The summed E-state index contributed by atoms with van der Waals surface area (Å²) in [6.07, 6.45) is 1.47. The minimum atomic E-state index is -0.899. The summed E-state index contributed by atoms with van der Waals surface area (Å²) in [7, 11) is 1.51. The molecule has 6 nitrogen and oxygen atoms in total. The van der Waals surface area contributed by atoms with Gasteiger partial charge >= 0.3 is 0 Å². The fraction of sp³-hybridized carbons (Fsp3) is 0.167. The first kappa shape index (κ1) is 20.4. The molecule has 2 aromatic carbocycles. The molecule has 0 spiro atoms. The molecule has 1 saturated heterocycles. The first-order valence-corrected chi connectivity index (χ1v) is 9.62. The molecule has 7 heteroatoms. The van der Waals surface area contributed by atoms with Crippen LogP contribution in [0.25, 0.3) is 5.76 Å². The second-order valence-electron chi connectivity index (χ2n) is 7.25. The molecule has 0 aliphatic carbocycles. The van der Waals surface area contributed by atoms with E-state index < -0.39 is 29.3 Å². The first-order chi connectivity index (χ1) is 14.9. The molecular formula is C24H20FNO5. The predicted molar refractivity (Wildman–Crippen MR) is 111 cm³/mol. The lowest BCUT2D eigenvalue weighted by atomic mass is 9.94. The van der Waals surface area contributed by atoms with Crippen LogP contribution in [0.5, 0.6) is 5.75 Å². The molecular weight excluding hydrogens is 401 g/mol. The van der Waals surface area contributed by atoms with Gasteiger partial charge in [-0.2, -0.15) is 0 Å². The number of benzene rings is 2. The van der Waals surface area contributed by atoms with E-state index >= 15 is 0 Å². The highest BCUT2D eigenvalue weighted by Gasteiger charge is 2.46. The number of ether oxygens (including phenoxy) is 1. The van der Waals surface area contributed by atoms with Crippen LogP contribution in [-0.4, -0.2) is 28.8 Å². The molecule has 1 aliphatic heterocycles. The predicted octanol–water partition coefficient (Wildman–Crippen LogP) is 4.36. The van der Waals surface area contributed by atoms with E-state index in [0.29, 0.717) is 22.6 Å². The molecule has 3 aromatic rings. The summed E-state index contributed by atoms with van der Waals surface area (Å²) in [6.45, 7) is 1.62. The molecule has 31 heavy (non-hydrogen) atoms. The summed E-state index contributed by atoms with van der Waals surface area (Å²) >= 11 is 0. The van der Waals surface area contributed by atoms with Gasteiger partial charge in [-0.1, -0.05) is 24.3 Å². The van der Waals surface area contributed by atoms with Crippen LogP contribution in [0.15, 0.2) is 70.9 Å². The number of rotatable bonds is 5. The van der Waals surface area contributed by atoms with Gasteiger partial charge in [0, 0.05) is 5.56 Å². The first-order valence-electron chi connectivity index (χ1n) is 9.62. The molecule has 1 amide bonds. The third kappa shape index (κ3) is 3.70. The van der Waals surface area contributed by atoms with Gasteiger partial charge in [-0.25, -0.2) is 4.39 Å². The standard InChI is InChI=1S/C24H20FNO5/c1-14-8-9-16(12-19(14)25)22(27)20-21(15-5-3-6-17(11-15)30-2)26(24(29)23(20)28)13-18-7-4-10-31-18/h3-12,21,27H,13H2,1-2H3/t21-/m0/s1. The number of methoxy groups -OCH3 is 1. The minimum Gasteiger partial charge on any atom is -0.507 e. The van der Waals surface area contributed by atoms with Crippen LogP contribution in [0.4, 0.5) is 4.39 Å². The van der Waals surface area contributed by atoms with Gasteiger partial charge in [-0.15, -0.1) is 0 Å². The smallest absolute Gasteiger partial charge is 0.296 e. The molecule has 1 aliphatic rings. The van der Waals surface area contributed by atoms with Gasteiger partial charge in [-0.05, 0) is 48.4 Å². The summed E-state index contributed by atoms with van der Waals surface area (Å²) in [5.41, 5.74) is 0.971. The van der Waals surface area contributed by atoms with Crippen molar-refractivity contribution in [2.24, 2.45) is 0 Å². The van der Waals surface area contributed by atoms with E-state index in [1.165, 1.54) is 30.4 Å². The molecule has 0 bridgehead atoms. The highest BCUT2D eigenvalue weighted by Crippen LogP contribution is 2.41. The Hall–Kier alpha value is -3.87. The maximum Gasteiger partial charge on any atom is 0.296 e. The van der Waals surface area contributed by atoms with E-state index in [-0.39, 0.29) is 17.7 Å². The van der Waals surface area contributed by atoms with Crippen molar-refractivity contribution in [3.8, 4) is 5.75 Å². The van der Waals surface area contributed by atoms with E-state index in [4.69, 9.17) is 9.15 Å². The van der Waals surface area contributed by atoms with Crippen molar-refractivity contribution in [1.29, 1.82) is 0 Å². The van der Waals surface area contributed by atoms with Crippen molar-refractivity contribution in [2.75, 3.05) is 7.11 Å². The van der Waals surface area contributed by atoms with Crippen LogP contribution in [0.2, 0.25) is 0 Å². The Labute approximate surface area is 178 Å². The average Bonchev–Trinajstić information content (AvgIpc) is 3.37. The third-order valence-corrected chi connectivity index (χ3v) is 5.30. The minimum absolute atomic E-state index is 0.0263. The molecule has 0 saturated carbocycles. The van der Waals surface area contributed by atoms with E-state index in [1.54, 1.807) is 43.3 Å². The number of hydrogen-bond acceptors (Lipinski definition) is 5. The Morgan fingerprint density at radius 1 is 1.16 bits per heavy atom. The Bertz CT molecular complexity index is 1180. The number of aliphatic hydroxyl groups excluding tert-OH is 1. The summed E-state index contributed by atoms with van der Waals surface area (Å²) in [4.78, 5) is 27.2. The van der Waals surface area contributed by atoms with Gasteiger partial charge in [0.15, 0.2) is 0 Å². The second kappa shape index (κ2) is 8.10. The number of carbonyl (C=O) groups is 2. The number of Topliss-reactive ketones (excluding diaryl/α,β-unsaturated/α-hetero) is 1. The molecule has 1 N–H and O–H groups in total. The maximum absolute atomic E-state index is 14.1. The highest BCUT2D eigenvalue weighted by atomic mass is 19.1. The van der Waals surface area contributed by atoms with Crippen LogP contribution in [-0.2, 0) is 16.1 Å². The van der Waals surface area contributed by atoms with Gasteiger partial charge in [0.1, 0.15) is 23.1 Å². The fourth-order valence-corrected chi connectivity index (χ4v) is 3.67. The second-order valence-corrected chi connectivity index (χ2v) is 7.25. The lowest BCUT2D eigenvalue weighted by molar-refractivity contribution is -0.140. The van der Waals surface area contributed by atoms with Crippen LogP contribution < -0.4 is 4.74 Å². The van der Waals surface area contributed by atoms with E-state index in [9.17, 15) is 19.1 Å². The third-order valence-electron chi connectivity index (χ3n) is 5.30. The number of nitrogens with zero attached hydrogens (tertiary/aromatic N) is 1. The molecule has 0 radical (unpaired) electrons. The number of ketones is 1. The molecule has 1 atom stereocenters. The van der Waals surface area contributed by atoms with Gasteiger partial charge in [0.25, 0.3) is 11.7 Å². The fourth-order valence-electron chi connectivity index (χ4n) is 3.67.